The van der Waals surface area contributed by atoms with Crippen LogP contribution in [0.15, 0.2) is 36.7 Å². The molecule has 1 aromatic heterocycles. The molecular formula is C19H23ClN4O. The first-order chi connectivity index (χ1) is 12.2. The van der Waals surface area contributed by atoms with Gasteiger partial charge < -0.3 is 9.80 Å². The zero-order valence-electron chi connectivity index (χ0n) is 14.3. The second-order valence-corrected chi connectivity index (χ2v) is 7.31. The van der Waals surface area contributed by atoms with E-state index >= 15 is 0 Å². The molecule has 1 aliphatic carbocycles. The summed E-state index contributed by atoms with van der Waals surface area (Å²) < 4.78 is 2.06. The average molecular weight is 359 g/mol. The molecule has 4 rings (SSSR count). The number of halogens is 1. The molecule has 0 unspecified atom stereocenters. The zero-order valence-corrected chi connectivity index (χ0v) is 15.0. The normalized spacial score (nSPS) is 18.8. The van der Waals surface area contributed by atoms with Crippen LogP contribution < -0.4 is 4.90 Å². The van der Waals surface area contributed by atoms with Gasteiger partial charge in [-0.25, -0.2) is 4.98 Å². The highest BCUT2D eigenvalue weighted by atomic mass is 35.5. The molecule has 1 amide bonds. The third-order valence-corrected chi connectivity index (χ3v) is 5.52. The lowest BCUT2D eigenvalue weighted by molar-refractivity contribution is -0.135. The molecule has 2 fully saturated rings. The van der Waals surface area contributed by atoms with E-state index in [0.717, 1.165) is 50.7 Å². The lowest BCUT2D eigenvalue weighted by Gasteiger charge is -2.36. The molecule has 0 atom stereocenters. The average Bonchev–Trinajstić information content (AvgIpc) is 3.33. The fraction of sp³-hybridized carbons (Fsp3) is 0.474. The molecule has 1 aromatic carbocycles. The summed E-state index contributed by atoms with van der Waals surface area (Å²) in [6.07, 6.45) is 8.31. The van der Waals surface area contributed by atoms with Crippen LogP contribution in [0.5, 0.6) is 0 Å². The Morgan fingerprint density at radius 2 is 1.88 bits per heavy atom. The number of amides is 1. The molecule has 2 aliphatic rings. The van der Waals surface area contributed by atoms with Crippen LogP contribution in [0.2, 0.25) is 5.02 Å². The molecule has 0 bridgehead atoms. The molecule has 0 spiro atoms. The highest BCUT2D eigenvalue weighted by Gasteiger charge is 2.30. The molecular weight excluding hydrogens is 336 g/mol. The number of anilines is 1. The van der Waals surface area contributed by atoms with E-state index in [1.165, 1.54) is 12.8 Å². The van der Waals surface area contributed by atoms with Crippen molar-refractivity contribution in [2.24, 2.45) is 5.92 Å². The van der Waals surface area contributed by atoms with Crippen LogP contribution in [-0.4, -0.2) is 46.5 Å². The van der Waals surface area contributed by atoms with E-state index < -0.39 is 0 Å². The van der Waals surface area contributed by atoms with E-state index in [1.807, 2.05) is 41.6 Å². The molecule has 6 heteroatoms. The van der Waals surface area contributed by atoms with Gasteiger partial charge in [-0.15, -0.1) is 0 Å². The van der Waals surface area contributed by atoms with E-state index in [-0.39, 0.29) is 5.92 Å². The van der Waals surface area contributed by atoms with Crippen molar-refractivity contribution >= 4 is 23.5 Å². The van der Waals surface area contributed by atoms with Crippen LogP contribution in [0.1, 0.15) is 25.7 Å². The van der Waals surface area contributed by atoms with Gasteiger partial charge in [-0.1, -0.05) is 30.5 Å². The standard InChI is InChI=1S/C19H23ClN4O/c20-16-6-3-7-17(14-16)24-9-8-21-19(24)23-12-10-22(11-13-23)18(25)15-4-1-2-5-15/h3,6-9,14-15H,1-2,4-5,10-13H2. The minimum Gasteiger partial charge on any atom is -0.339 e. The van der Waals surface area contributed by atoms with E-state index in [9.17, 15) is 4.79 Å². The van der Waals surface area contributed by atoms with Crippen LogP contribution >= 0.6 is 11.6 Å². The van der Waals surface area contributed by atoms with Gasteiger partial charge in [0.05, 0.1) is 0 Å². The Morgan fingerprint density at radius 3 is 2.60 bits per heavy atom. The predicted octanol–water partition coefficient (Wildman–Crippen LogP) is 3.36. The van der Waals surface area contributed by atoms with Gasteiger partial charge in [-0.2, -0.15) is 0 Å². The second-order valence-electron chi connectivity index (χ2n) is 6.87. The van der Waals surface area contributed by atoms with Gasteiger partial charge in [-0.05, 0) is 31.0 Å². The SMILES string of the molecule is O=C(C1CCCC1)N1CCN(c2nccn2-c2cccc(Cl)c2)CC1. The molecule has 132 valence electrons. The summed E-state index contributed by atoms with van der Waals surface area (Å²) in [5.41, 5.74) is 1.00. The maximum atomic E-state index is 12.6. The third-order valence-electron chi connectivity index (χ3n) is 5.29. The van der Waals surface area contributed by atoms with E-state index in [0.29, 0.717) is 10.9 Å². The Kier molecular flexibility index (Phi) is 4.66. The first-order valence-electron chi connectivity index (χ1n) is 9.05. The number of aromatic nitrogens is 2. The largest absolute Gasteiger partial charge is 0.339 e. The molecule has 1 saturated carbocycles. The molecule has 2 heterocycles. The number of benzene rings is 1. The lowest BCUT2D eigenvalue weighted by atomic mass is 10.1. The second kappa shape index (κ2) is 7.08. The smallest absolute Gasteiger partial charge is 0.225 e. The van der Waals surface area contributed by atoms with Crippen LogP contribution in [0.25, 0.3) is 5.69 Å². The summed E-state index contributed by atoms with van der Waals surface area (Å²) in [5.74, 6) is 1.53. The van der Waals surface area contributed by atoms with Crippen molar-refractivity contribution in [1.29, 1.82) is 0 Å². The van der Waals surface area contributed by atoms with E-state index in [1.54, 1.807) is 0 Å². The first-order valence-corrected chi connectivity index (χ1v) is 9.43. The number of hydrogen-bond acceptors (Lipinski definition) is 3. The minimum atomic E-state index is 0.264. The number of imidazole rings is 1. The topological polar surface area (TPSA) is 41.4 Å². The van der Waals surface area contributed by atoms with Crippen molar-refractivity contribution in [3.8, 4) is 5.69 Å². The van der Waals surface area contributed by atoms with Gasteiger partial charge >= 0.3 is 0 Å². The Labute approximate surface area is 153 Å². The van der Waals surface area contributed by atoms with Crippen LogP contribution in [0, 0.1) is 5.92 Å². The van der Waals surface area contributed by atoms with Gasteiger partial charge in [0.1, 0.15) is 0 Å². The summed E-state index contributed by atoms with van der Waals surface area (Å²) in [5, 5.41) is 0.712. The maximum Gasteiger partial charge on any atom is 0.225 e. The molecule has 0 radical (unpaired) electrons. The fourth-order valence-corrected chi connectivity index (χ4v) is 4.10. The Balaban J connectivity index is 1.45. The van der Waals surface area contributed by atoms with Crippen molar-refractivity contribution in [2.45, 2.75) is 25.7 Å². The number of carbonyl (C=O) groups excluding carboxylic acids is 1. The van der Waals surface area contributed by atoms with Crippen molar-refractivity contribution in [3.63, 3.8) is 0 Å². The number of carbonyl (C=O) groups is 1. The van der Waals surface area contributed by atoms with Crippen molar-refractivity contribution in [1.82, 2.24) is 14.5 Å². The number of piperazine rings is 1. The highest BCUT2D eigenvalue weighted by molar-refractivity contribution is 6.30. The molecule has 1 aliphatic heterocycles. The van der Waals surface area contributed by atoms with Gasteiger partial charge in [-0.3, -0.25) is 9.36 Å². The predicted molar refractivity (Wildman–Crippen MR) is 99.3 cm³/mol. The lowest BCUT2D eigenvalue weighted by Crippen LogP contribution is -2.50. The number of nitrogens with zero attached hydrogens (tertiary/aromatic N) is 4. The Bertz CT molecular complexity index is 745. The maximum absolute atomic E-state index is 12.6. The summed E-state index contributed by atoms with van der Waals surface area (Å²) >= 11 is 6.12. The van der Waals surface area contributed by atoms with Crippen molar-refractivity contribution in [3.05, 3.63) is 41.7 Å². The highest BCUT2D eigenvalue weighted by Crippen LogP contribution is 2.27. The van der Waals surface area contributed by atoms with Gasteiger partial charge in [0.15, 0.2) is 0 Å². The van der Waals surface area contributed by atoms with Crippen LogP contribution in [0.4, 0.5) is 5.95 Å². The summed E-state index contributed by atoms with van der Waals surface area (Å²) in [4.78, 5) is 21.4. The van der Waals surface area contributed by atoms with Gasteiger partial charge in [0, 0.05) is 55.2 Å². The summed E-state index contributed by atoms with van der Waals surface area (Å²) in [7, 11) is 0. The van der Waals surface area contributed by atoms with Crippen molar-refractivity contribution < 1.29 is 4.79 Å². The monoisotopic (exact) mass is 358 g/mol. The number of rotatable bonds is 3. The zero-order chi connectivity index (χ0) is 17.2. The quantitative estimate of drug-likeness (QED) is 0.844. The molecule has 5 nitrogen and oxygen atoms in total. The Morgan fingerprint density at radius 1 is 1.12 bits per heavy atom. The molecule has 2 aromatic rings. The molecule has 0 N–H and O–H groups in total. The van der Waals surface area contributed by atoms with E-state index in [2.05, 4.69) is 14.5 Å². The third kappa shape index (κ3) is 3.38. The van der Waals surface area contributed by atoms with Crippen LogP contribution in [-0.2, 0) is 4.79 Å². The van der Waals surface area contributed by atoms with Gasteiger partial charge in [0.2, 0.25) is 11.9 Å². The van der Waals surface area contributed by atoms with Crippen LogP contribution in [0.3, 0.4) is 0 Å². The fourth-order valence-electron chi connectivity index (χ4n) is 3.91. The molecule has 1 saturated heterocycles. The van der Waals surface area contributed by atoms with Crippen molar-refractivity contribution in [2.75, 3.05) is 31.1 Å². The van der Waals surface area contributed by atoms with E-state index in [4.69, 9.17) is 11.6 Å². The Hall–Kier alpha value is -2.01. The minimum absolute atomic E-state index is 0.264. The van der Waals surface area contributed by atoms with Gasteiger partial charge in [0.25, 0.3) is 0 Å². The summed E-state index contributed by atoms with van der Waals surface area (Å²) in [6.45, 7) is 3.18. The first kappa shape index (κ1) is 16.5. The summed E-state index contributed by atoms with van der Waals surface area (Å²) in [6, 6.07) is 7.78. The number of hydrogen-bond donors (Lipinski definition) is 0. The molecule has 25 heavy (non-hydrogen) atoms.